The van der Waals surface area contributed by atoms with Crippen LogP contribution in [0.25, 0.3) is 0 Å². The Labute approximate surface area is 146 Å². The quantitative estimate of drug-likeness (QED) is 0.754. The third-order valence-electron chi connectivity index (χ3n) is 3.12. The Balaban J connectivity index is 2.27. The van der Waals surface area contributed by atoms with E-state index in [4.69, 9.17) is 0 Å². The topological polar surface area (TPSA) is 85.2 Å². The van der Waals surface area contributed by atoms with Gasteiger partial charge >= 0.3 is 6.03 Å². The van der Waals surface area contributed by atoms with Crippen LogP contribution in [0.4, 0.5) is 4.79 Å². The van der Waals surface area contributed by atoms with E-state index in [-0.39, 0.29) is 27.1 Å². The lowest BCUT2D eigenvalue weighted by molar-refractivity contribution is 0.213. The lowest BCUT2D eigenvalue weighted by Gasteiger charge is -2.11. The Bertz CT molecular complexity index is 814. The first-order valence-corrected chi connectivity index (χ1v) is 9.95. The molecule has 0 spiro atoms. The van der Waals surface area contributed by atoms with Crippen molar-refractivity contribution < 1.29 is 13.2 Å². The normalized spacial score (nSPS) is 11.7. The maximum atomic E-state index is 12.4. The third-order valence-corrected chi connectivity index (χ3v) is 6.34. The molecule has 2 rings (SSSR count). The minimum atomic E-state index is -3.48. The SMILES string of the molecule is CC(C)c1nc(SCS(=O)(=O)c2ccccc2)n(C(=O)N(C)C)n1. The first-order chi connectivity index (χ1) is 11.2. The smallest absolute Gasteiger partial charge is 0.329 e. The van der Waals surface area contributed by atoms with Gasteiger partial charge in [-0.2, -0.15) is 4.68 Å². The van der Waals surface area contributed by atoms with Crippen LogP contribution in [0, 0.1) is 0 Å². The van der Waals surface area contributed by atoms with Gasteiger partial charge in [-0.3, -0.25) is 0 Å². The minimum Gasteiger partial charge on any atom is -0.329 e. The number of nitrogens with zero attached hydrogens (tertiary/aromatic N) is 4. The summed E-state index contributed by atoms with van der Waals surface area (Å²) >= 11 is 0.987. The average Bonchev–Trinajstić information content (AvgIpc) is 2.97. The van der Waals surface area contributed by atoms with Gasteiger partial charge in [0.05, 0.1) is 4.90 Å². The van der Waals surface area contributed by atoms with Gasteiger partial charge in [-0.25, -0.2) is 18.2 Å². The highest BCUT2D eigenvalue weighted by molar-refractivity contribution is 8.12. The van der Waals surface area contributed by atoms with Crippen molar-refractivity contribution in [2.45, 2.75) is 29.8 Å². The number of aromatic nitrogens is 3. The van der Waals surface area contributed by atoms with Crippen LogP contribution in [0.1, 0.15) is 25.6 Å². The number of hydrogen-bond donors (Lipinski definition) is 0. The molecule has 0 aliphatic rings. The highest BCUT2D eigenvalue weighted by Crippen LogP contribution is 2.24. The standard InChI is InChI=1S/C15H20N4O3S2/c1-11(2)13-16-14(19(17-13)15(20)18(3)4)23-10-24(21,22)12-8-6-5-7-9-12/h5-9,11H,10H2,1-4H3. The van der Waals surface area contributed by atoms with E-state index in [1.807, 2.05) is 13.8 Å². The predicted molar refractivity (Wildman–Crippen MR) is 92.9 cm³/mol. The Morgan fingerprint density at radius 2 is 1.88 bits per heavy atom. The molecule has 1 aromatic heterocycles. The van der Waals surface area contributed by atoms with E-state index in [1.54, 1.807) is 44.4 Å². The molecule has 130 valence electrons. The number of sulfone groups is 1. The minimum absolute atomic E-state index is 0.0336. The summed E-state index contributed by atoms with van der Waals surface area (Å²) in [5.41, 5.74) is 0. The van der Waals surface area contributed by atoms with Gasteiger partial charge in [-0.1, -0.05) is 43.8 Å². The zero-order valence-corrected chi connectivity index (χ0v) is 15.6. The van der Waals surface area contributed by atoms with Crippen LogP contribution in [-0.2, 0) is 9.84 Å². The number of hydrogen-bond acceptors (Lipinski definition) is 6. The zero-order chi connectivity index (χ0) is 17.9. The molecule has 0 fully saturated rings. The fourth-order valence-electron chi connectivity index (χ4n) is 1.79. The van der Waals surface area contributed by atoms with Crippen LogP contribution in [0.5, 0.6) is 0 Å². The van der Waals surface area contributed by atoms with Gasteiger partial charge in [0.1, 0.15) is 5.08 Å². The summed E-state index contributed by atoms with van der Waals surface area (Å²) in [5.74, 6) is 0.538. The largest absolute Gasteiger partial charge is 0.346 e. The lowest BCUT2D eigenvalue weighted by Crippen LogP contribution is -2.29. The molecule has 1 aromatic carbocycles. The highest BCUT2D eigenvalue weighted by Gasteiger charge is 2.22. The molecule has 0 aliphatic carbocycles. The zero-order valence-electron chi connectivity index (χ0n) is 14.0. The summed E-state index contributed by atoms with van der Waals surface area (Å²) in [6.45, 7) is 3.82. The summed E-state index contributed by atoms with van der Waals surface area (Å²) in [7, 11) is -0.264. The van der Waals surface area contributed by atoms with Gasteiger partial charge < -0.3 is 4.90 Å². The number of carbonyl (C=O) groups is 1. The van der Waals surface area contributed by atoms with Gasteiger partial charge in [0, 0.05) is 20.0 Å². The Hall–Kier alpha value is -1.87. The predicted octanol–water partition coefficient (Wildman–Crippen LogP) is 2.45. The number of rotatable bonds is 5. The molecule has 0 aliphatic heterocycles. The van der Waals surface area contributed by atoms with Gasteiger partial charge in [-0.15, -0.1) is 5.10 Å². The van der Waals surface area contributed by atoms with E-state index in [0.29, 0.717) is 5.82 Å². The summed E-state index contributed by atoms with van der Waals surface area (Å²) in [6, 6.07) is 7.83. The molecule has 0 saturated carbocycles. The molecule has 0 saturated heterocycles. The van der Waals surface area contributed by atoms with Crippen molar-refractivity contribution in [3.8, 4) is 0 Å². The van der Waals surface area contributed by atoms with Crippen LogP contribution in [0.2, 0.25) is 0 Å². The Kier molecular flexibility index (Phi) is 5.66. The second-order valence-corrected chi connectivity index (χ2v) is 8.98. The molecule has 2 aromatic rings. The molecule has 0 N–H and O–H groups in total. The van der Waals surface area contributed by atoms with E-state index in [0.717, 1.165) is 16.4 Å². The molecule has 1 heterocycles. The average molecular weight is 368 g/mol. The van der Waals surface area contributed by atoms with Crippen molar-refractivity contribution in [2.24, 2.45) is 0 Å². The van der Waals surface area contributed by atoms with Crippen LogP contribution in [0.15, 0.2) is 40.4 Å². The van der Waals surface area contributed by atoms with Crippen LogP contribution < -0.4 is 0 Å². The van der Waals surface area contributed by atoms with Crippen molar-refractivity contribution in [1.82, 2.24) is 19.7 Å². The Morgan fingerprint density at radius 1 is 1.25 bits per heavy atom. The maximum absolute atomic E-state index is 12.4. The first-order valence-electron chi connectivity index (χ1n) is 7.31. The molecular weight excluding hydrogens is 348 g/mol. The molecule has 9 heteroatoms. The number of benzene rings is 1. The molecule has 0 bridgehead atoms. The van der Waals surface area contributed by atoms with E-state index >= 15 is 0 Å². The molecule has 1 amide bonds. The van der Waals surface area contributed by atoms with Crippen molar-refractivity contribution in [3.63, 3.8) is 0 Å². The lowest BCUT2D eigenvalue weighted by atomic mass is 10.2. The van der Waals surface area contributed by atoms with E-state index in [9.17, 15) is 13.2 Å². The molecule has 0 radical (unpaired) electrons. The second-order valence-electron chi connectivity index (χ2n) is 5.69. The summed E-state index contributed by atoms with van der Waals surface area (Å²) in [5, 5.41) is 4.26. The second kappa shape index (κ2) is 7.35. The van der Waals surface area contributed by atoms with Crippen LogP contribution >= 0.6 is 11.8 Å². The Morgan fingerprint density at radius 3 is 2.42 bits per heavy atom. The number of carbonyl (C=O) groups excluding carboxylic acids is 1. The van der Waals surface area contributed by atoms with E-state index < -0.39 is 9.84 Å². The fraction of sp³-hybridized carbons (Fsp3) is 0.400. The first kappa shape index (κ1) is 18.5. The van der Waals surface area contributed by atoms with E-state index in [1.165, 1.54) is 4.90 Å². The summed E-state index contributed by atoms with van der Waals surface area (Å²) in [6.07, 6.45) is 0. The fourth-order valence-corrected chi connectivity index (χ4v) is 4.35. The monoisotopic (exact) mass is 368 g/mol. The molecule has 0 atom stereocenters. The maximum Gasteiger partial charge on any atom is 0.346 e. The van der Waals surface area contributed by atoms with Crippen LogP contribution in [0.3, 0.4) is 0 Å². The van der Waals surface area contributed by atoms with E-state index in [2.05, 4.69) is 10.1 Å². The summed E-state index contributed by atoms with van der Waals surface area (Å²) < 4.78 is 25.9. The van der Waals surface area contributed by atoms with Crippen molar-refractivity contribution in [2.75, 3.05) is 19.2 Å². The molecule has 0 unspecified atom stereocenters. The molecular formula is C15H20N4O3S2. The number of amides is 1. The molecule has 7 nitrogen and oxygen atoms in total. The van der Waals surface area contributed by atoms with Crippen molar-refractivity contribution >= 4 is 27.6 Å². The van der Waals surface area contributed by atoms with Gasteiger partial charge in [0.15, 0.2) is 20.8 Å². The van der Waals surface area contributed by atoms with Crippen molar-refractivity contribution in [3.05, 3.63) is 36.2 Å². The van der Waals surface area contributed by atoms with Crippen molar-refractivity contribution in [1.29, 1.82) is 0 Å². The molecule has 24 heavy (non-hydrogen) atoms. The number of thioether (sulfide) groups is 1. The van der Waals surface area contributed by atoms with Gasteiger partial charge in [0.25, 0.3) is 0 Å². The van der Waals surface area contributed by atoms with Gasteiger partial charge in [0.2, 0.25) is 0 Å². The summed E-state index contributed by atoms with van der Waals surface area (Å²) in [4.78, 5) is 18.1. The van der Waals surface area contributed by atoms with Crippen LogP contribution in [-0.4, -0.2) is 53.3 Å². The highest BCUT2D eigenvalue weighted by atomic mass is 32.3. The third kappa shape index (κ3) is 4.15. The van der Waals surface area contributed by atoms with Gasteiger partial charge in [-0.05, 0) is 12.1 Å².